The molecule has 0 heterocycles. The van der Waals surface area contributed by atoms with Gasteiger partial charge in [0.1, 0.15) is 5.69 Å². The van der Waals surface area contributed by atoms with Crippen LogP contribution in [0.2, 0.25) is 5.02 Å². The third-order valence-corrected chi connectivity index (χ3v) is 3.38. The van der Waals surface area contributed by atoms with Crippen LogP contribution in [0.1, 0.15) is 6.92 Å². The topological polar surface area (TPSA) is 55.2 Å². The van der Waals surface area contributed by atoms with Crippen LogP contribution in [0.5, 0.6) is 0 Å². The van der Waals surface area contributed by atoms with E-state index in [0.29, 0.717) is 23.2 Å². The number of halogens is 1. The fourth-order valence-corrected chi connectivity index (χ4v) is 2.30. The summed E-state index contributed by atoms with van der Waals surface area (Å²) in [6, 6.07) is 4.53. The van der Waals surface area contributed by atoms with Gasteiger partial charge in [-0.05, 0) is 30.1 Å². The maximum Gasteiger partial charge on any atom is 0.292 e. The van der Waals surface area contributed by atoms with Gasteiger partial charge in [-0.25, -0.2) is 0 Å². The molecule has 0 amide bonds. The zero-order valence-corrected chi connectivity index (χ0v) is 11.3. The Kier molecular flexibility index (Phi) is 5.58. The van der Waals surface area contributed by atoms with E-state index in [1.54, 1.807) is 17.8 Å². The van der Waals surface area contributed by atoms with Crippen molar-refractivity contribution in [1.82, 2.24) is 0 Å². The highest BCUT2D eigenvalue weighted by molar-refractivity contribution is 7.98. The zero-order chi connectivity index (χ0) is 12.8. The molecule has 1 unspecified atom stereocenters. The van der Waals surface area contributed by atoms with Gasteiger partial charge in [-0.3, -0.25) is 10.1 Å². The van der Waals surface area contributed by atoms with E-state index in [2.05, 4.69) is 12.2 Å². The molecule has 6 heteroatoms. The van der Waals surface area contributed by atoms with E-state index < -0.39 is 4.92 Å². The molecule has 0 spiro atoms. The molecule has 1 atom stereocenters. The quantitative estimate of drug-likeness (QED) is 0.635. The molecule has 0 saturated carbocycles. The molecule has 0 aliphatic rings. The van der Waals surface area contributed by atoms with Crippen LogP contribution >= 0.6 is 23.4 Å². The van der Waals surface area contributed by atoms with Gasteiger partial charge in [0.15, 0.2) is 0 Å². The van der Waals surface area contributed by atoms with E-state index in [4.69, 9.17) is 11.6 Å². The summed E-state index contributed by atoms with van der Waals surface area (Å²) < 4.78 is 0. The minimum absolute atomic E-state index is 0.0609. The molecule has 0 bridgehead atoms. The van der Waals surface area contributed by atoms with E-state index in [-0.39, 0.29) is 5.69 Å². The average Bonchev–Trinajstić information content (AvgIpc) is 2.26. The van der Waals surface area contributed by atoms with Crippen molar-refractivity contribution in [3.63, 3.8) is 0 Å². The van der Waals surface area contributed by atoms with Gasteiger partial charge in [-0.2, -0.15) is 11.8 Å². The number of thioether (sulfide) groups is 1. The molecular formula is C11H15ClN2O2S. The molecule has 0 radical (unpaired) electrons. The van der Waals surface area contributed by atoms with E-state index in [9.17, 15) is 10.1 Å². The van der Waals surface area contributed by atoms with Crippen molar-refractivity contribution >= 4 is 34.7 Å². The number of rotatable bonds is 6. The third-order valence-electron chi connectivity index (χ3n) is 2.25. The normalized spacial score (nSPS) is 12.2. The second-order valence-electron chi connectivity index (χ2n) is 3.86. The monoisotopic (exact) mass is 274 g/mol. The summed E-state index contributed by atoms with van der Waals surface area (Å²) in [7, 11) is 0. The predicted molar refractivity (Wildman–Crippen MR) is 74.1 cm³/mol. The lowest BCUT2D eigenvalue weighted by Crippen LogP contribution is -2.14. The number of anilines is 1. The van der Waals surface area contributed by atoms with Crippen molar-refractivity contribution in [2.45, 2.75) is 6.92 Å². The highest BCUT2D eigenvalue weighted by Gasteiger charge is 2.14. The minimum atomic E-state index is -0.405. The second-order valence-corrected chi connectivity index (χ2v) is 5.21. The maximum absolute atomic E-state index is 10.8. The van der Waals surface area contributed by atoms with Crippen molar-refractivity contribution in [2.75, 3.05) is 23.9 Å². The standard InChI is InChI=1S/C11H15ClN2O2S/c1-8(7-17-2)6-13-10-5-9(12)3-4-11(10)14(15)16/h3-5,8,13H,6-7H2,1-2H3. The molecule has 17 heavy (non-hydrogen) atoms. The number of hydrogen-bond donors (Lipinski definition) is 1. The Labute approximate surface area is 110 Å². The van der Waals surface area contributed by atoms with Crippen LogP contribution < -0.4 is 5.32 Å². The lowest BCUT2D eigenvalue weighted by molar-refractivity contribution is -0.384. The highest BCUT2D eigenvalue weighted by Crippen LogP contribution is 2.27. The van der Waals surface area contributed by atoms with E-state index in [0.717, 1.165) is 5.75 Å². The number of benzene rings is 1. The predicted octanol–water partition coefficient (Wildman–Crippen LogP) is 3.66. The number of hydrogen-bond acceptors (Lipinski definition) is 4. The second kappa shape index (κ2) is 6.71. The lowest BCUT2D eigenvalue weighted by atomic mass is 10.2. The van der Waals surface area contributed by atoms with Gasteiger partial charge >= 0.3 is 0 Å². The van der Waals surface area contributed by atoms with Crippen LogP contribution in [-0.2, 0) is 0 Å². The van der Waals surface area contributed by atoms with Gasteiger partial charge in [0.05, 0.1) is 4.92 Å². The molecule has 0 fully saturated rings. The molecule has 1 N–H and O–H groups in total. The van der Waals surface area contributed by atoms with Crippen molar-refractivity contribution < 1.29 is 4.92 Å². The average molecular weight is 275 g/mol. The Bertz CT molecular complexity index is 401. The van der Waals surface area contributed by atoms with Gasteiger partial charge in [0.25, 0.3) is 5.69 Å². The largest absolute Gasteiger partial charge is 0.379 e. The summed E-state index contributed by atoms with van der Waals surface area (Å²) in [5.74, 6) is 1.46. The van der Waals surface area contributed by atoms with Crippen molar-refractivity contribution in [2.24, 2.45) is 5.92 Å². The number of nitro benzene ring substituents is 1. The first-order chi connectivity index (χ1) is 8.04. The van der Waals surface area contributed by atoms with Gasteiger partial charge in [-0.15, -0.1) is 0 Å². The molecule has 0 aromatic heterocycles. The molecule has 1 aromatic rings. The molecule has 1 rings (SSSR count). The summed E-state index contributed by atoms with van der Waals surface area (Å²) in [6.07, 6.45) is 2.04. The summed E-state index contributed by atoms with van der Waals surface area (Å²) >= 11 is 7.59. The van der Waals surface area contributed by atoms with E-state index in [1.165, 1.54) is 12.1 Å². The Balaban J connectivity index is 2.75. The van der Waals surface area contributed by atoms with Crippen LogP contribution in [-0.4, -0.2) is 23.5 Å². The SMILES string of the molecule is CSCC(C)CNc1cc(Cl)ccc1[N+](=O)[O-]. The molecule has 4 nitrogen and oxygen atoms in total. The van der Waals surface area contributed by atoms with Crippen LogP contribution in [0.3, 0.4) is 0 Å². The molecule has 0 saturated heterocycles. The fourth-order valence-electron chi connectivity index (χ4n) is 1.44. The smallest absolute Gasteiger partial charge is 0.292 e. The van der Waals surface area contributed by atoms with Gasteiger partial charge in [-0.1, -0.05) is 18.5 Å². The third kappa shape index (κ3) is 4.44. The Morgan fingerprint density at radius 3 is 2.88 bits per heavy atom. The molecule has 94 valence electrons. The molecular weight excluding hydrogens is 260 g/mol. The number of nitro groups is 1. The van der Waals surface area contributed by atoms with Gasteiger partial charge < -0.3 is 5.32 Å². The Morgan fingerprint density at radius 1 is 1.59 bits per heavy atom. The van der Waals surface area contributed by atoms with Gasteiger partial charge in [0.2, 0.25) is 0 Å². The van der Waals surface area contributed by atoms with Crippen LogP contribution in [0.25, 0.3) is 0 Å². The molecule has 1 aromatic carbocycles. The van der Waals surface area contributed by atoms with Gasteiger partial charge in [0, 0.05) is 17.6 Å². The molecule has 0 aliphatic carbocycles. The minimum Gasteiger partial charge on any atom is -0.379 e. The molecule has 0 aliphatic heterocycles. The fraction of sp³-hybridized carbons (Fsp3) is 0.455. The highest BCUT2D eigenvalue weighted by atomic mass is 35.5. The summed E-state index contributed by atoms with van der Waals surface area (Å²) in [6.45, 7) is 2.79. The van der Waals surface area contributed by atoms with Crippen molar-refractivity contribution in [3.05, 3.63) is 33.3 Å². The van der Waals surface area contributed by atoms with Crippen molar-refractivity contribution in [3.8, 4) is 0 Å². The first-order valence-electron chi connectivity index (χ1n) is 5.21. The maximum atomic E-state index is 10.8. The van der Waals surface area contributed by atoms with Crippen LogP contribution in [0, 0.1) is 16.0 Å². The Hall–Kier alpha value is -0.940. The first-order valence-corrected chi connectivity index (χ1v) is 6.98. The van der Waals surface area contributed by atoms with E-state index in [1.807, 2.05) is 6.26 Å². The zero-order valence-electron chi connectivity index (χ0n) is 9.77. The Morgan fingerprint density at radius 2 is 2.29 bits per heavy atom. The summed E-state index contributed by atoms with van der Waals surface area (Å²) in [5.41, 5.74) is 0.543. The summed E-state index contributed by atoms with van der Waals surface area (Å²) in [4.78, 5) is 10.4. The lowest BCUT2D eigenvalue weighted by Gasteiger charge is -2.12. The van der Waals surface area contributed by atoms with Crippen molar-refractivity contribution in [1.29, 1.82) is 0 Å². The van der Waals surface area contributed by atoms with Crippen LogP contribution in [0.15, 0.2) is 18.2 Å². The number of nitrogens with zero attached hydrogens (tertiary/aromatic N) is 1. The number of nitrogens with one attached hydrogen (secondary N) is 1. The van der Waals surface area contributed by atoms with E-state index >= 15 is 0 Å². The first kappa shape index (κ1) is 14.1. The van der Waals surface area contributed by atoms with Crippen LogP contribution in [0.4, 0.5) is 11.4 Å². The summed E-state index contributed by atoms with van der Waals surface area (Å²) in [5, 5.41) is 14.4.